The van der Waals surface area contributed by atoms with E-state index in [0.717, 1.165) is 35.4 Å². The molecule has 0 saturated heterocycles. The Balaban J connectivity index is 0.000000546. The Hall–Kier alpha value is -2.48. The predicted molar refractivity (Wildman–Crippen MR) is 150 cm³/mol. The molecule has 0 aliphatic carbocycles. The van der Waals surface area contributed by atoms with Crippen LogP contribution in [-0.2, 0) is 12.8 Å². The van der Waals surface area contributed by atoms with E-state index in [-0.39, 0.29) is 0 Å². The number of pyridine rings is 1. The average molecular weight is 449 g/mol. The second-order valence-corrected chi connectivity index (χ2v) is 8.59. The number of aromatic nitrogens is 1. The molecule has 0 bridgehead atoms. The molecule has 182 valence electrons. The van der Waals surface area contributed by atoms with Gasteiger partial charge in [-0.15, -0.1) is 0 Å². The number of aryl methyl sites for hydroxylation is 3. The molecule has 2 aromatic rings. The highest BCUT2D eigenvalue weighted by Crippen LogP contribution is 2.13. The maximum absolute atomic E-state index is 4.40. The van der Waals surface area contributed by atoms with Crippen LogP contribution in [0.2, 0.25) is 0 Å². The Bertz CT molecular complexity index is 807. The molecule has 0 fully saturated rings. The van der Waals surface area contributed by atoms with E-state index in [1.165, 1.54) is 49.7 Å². The van der Waals surface area contributed by atoms with E-state index in [4.69, 9.17) is 0 Å². The van der Waals surface area contributed by atoms with E-state index in [0.29, 0.717) is 0 Å². The van der Waals surface area contributed by atoms with E-state index in [9.17, 15) is 0 Å². The molecule has 1 heterocycles. The molecule has 0 aliphatic heterocycles. The Morgan fingerprint density at radius 1 is 0.879 bits per heavy atom. The van der Waals surface area contributed by atoms with Crippen LogP contribution in [0.1, 0.15) is 102 Å². The first-order valence-electron chi connectivity index (χ1n) is 12.8. The molecular formula is C31H48N2. The minimum atomic E-state index is 0.936. The normalized spacial score (nSPS) is 10.0. The van der Waals surface area contributed by atoms with Gasteiger partial charge in [0.1, 0.15) is 0 Å². The Morgan fingerprint density at radius 2 is 1.55 bits per heavy atom. The van der Waals surface area contributed by atoms with Gasteiger partial charge < -0.3 is 0 Å². The van der Waals surface area contributed by atoms with E-state index >= 15 is 0 Å². The van der Waals surface area contributed by atoms with Crippen molar-refractivity contribution in [2.75, 3.05) is 0 Å². The largest absolute Gasteiger partial charge is 0.266 e. The molecule has 1 aromatic heterocycles. The lowest BCUT2D eigenvalue weighted by atomic mass is 10.0. The SMILES string of the molecule is C=C(/C=C\N=C(C)C)c1ccc(CCC)nc1.CCCCC.CCCCc1ccccc1C. The molecule has 1 aromatic carbocycles. The van der Waals surface area contributed by atoms with Crippen molar-refractivity contribution < 1.29 is 0 Å². The zero-order chi connectivity index (χ0) is 24.9. The summed E-state index contributed by atoms with van der Waals surface area (Å²) in [7, 11) is 0. The van der Waals surface area contributed by atoms with Gasteiger partial charge >= 0.3 is 0 Å². The van der Waals surface area contributed by atoms with E-state index in [1.807, 2.05) is 26.1 Å². The van der Waals surface area contributed by atoms with Crippen LogP contribution in [0.15, 0.2) is 66.4 Å². The highest BCUT2D eigenvalue weighted by Gasteiger charge is 1.97. The number of rotatable bonds is 10. The molecule has 0 atom stereocenters. The van der Waals surface area contributed by atoms with Gasteiger partial charge in [-0.25, -0.2) is 0 Å². The van der Waals surface area contributed by atoms with Gasteiger partial charge in [0.15, 0.2) is 0 Å². The van der Waals surface area contributed by atoms with Gasteiger partial charge in [-0.1, -0.05) is 96.7 Å². The topological polar surface area (TPSA) is 25.2 Å². The van der Waals surface area contributed by atoms with Crippen molar-refractivity contribution in [1.82, 2.24) is 4.98 Å². The van der Waals surface area contributed by atoms with Crippen LogP contribution in [-0.4, -0.2) is 10.7 Å². The van der Waals surface area contributed by atoms with E-state index in [1.54, 1.807) is 6.20 Å². The van der Waals surface area contributed by atoms with Crippen molar-refractivity contribution in [3.05, 3.63) is 83.8 Å². The average Bonchev–Trinajstić information content (AvgIpc) is 2.80. The highest BCUT2D eigenvalue weighted by molar-refractivity contribution is 5.80. The third-order valence-corrected chi connectivity index (χ3v) is 5.08. The Kier molecular flexibility index (Phi) is 18.6. The van der Waals surface area contributed by atoms with Gasteiger partial charge in [-0.05, 0) is 74.4 Å². The van der Waals surface area contributed by atoms with Crippen molar-refractivity contribution in [2.24, 2.45) is 4.99 Å². The Morgan fingerprint density at radius 3 is 2.03 bits per heavy atom. The summed E-state index contributed by atoms with van der Waals surface area (Å²) in [4.78, 5) is 8.59. The number of hydrogen-bond acceptors (Lipinski definition) is 2. The lowest BCUT2D eigenvalue weighted by Crippen LogP contribution is -1.90. The zero-order valence-electron chi connectivity index (χ0n) is 22.5. The van der Waals surface area contributed by atoms with Crippen molar-refractivity contribution in [2.45, 2.75) is 99.8 Å². The smallest absolute Gasteiger partial charge is 0.0403 e. The predicted octanol–water partition coefficient (Wildman–Crippen LogP) is 9.58. The van der Waals surface area contributed by atoms with Gasteiger partial charge in [0.05, 0.1) is 0 Å². The van der Waals surface area contributed by atoms with Crippen LogP contribution in [0.3, 0.4) is 0 Å². The summed E-state index contributed by atoms with van der Waals surface area (Å²) >= 11 is 0. The molecule has 2 nitrogen and oxygen atoms in total. The molecule has 2 rings (SSSR count). The van der Waals surface area contributed by atoms with Crippen LogP contribution < -0.4 is 0 Å². The number of nitrogens with zero attached hydrogens (tertiary/aromatic N) is 2. The number of benzene rings is 1. The summed E-state index contributed by atoms with van der Waals surface area (Å²) in [6.07, 6.45) is 15.6. The van der Waals surface area contributed by atoms with E-state index < -0.39 is 0 Å². The minimum absolute atomic E-state index is 0.936. The first kappa shape index (κ1) is 30.5. The summed E-state index contributed by atoms with van der Waals surface area (Å²) in [6.45, 7) is 18.9. The molecule has 0 radical (unpaired) electrons. The number of aliphatic imine (C=N–C) groups is 1. The maximum atomic E-state index is 4.40. The molecule has 0 saturated carbocycles. The van der Waals surface area contributed by atoms with Crippen LogP contribution in [0.4, 0.5) is 0 Å². The van der Waals surface area contributed by atoms with Crippen molar-refractivity contribution in [3.63, 3.8) is 0 Å². The fourth-order valence-corrected chi connectivity index (χ4v) is 3.00. The van der Waals surface area contributed by atoms with Crippen LogP contribution in [0.25, 0.3) is 5.57 Å². The van der Waals surface area contributed by atoms with Gasteiger partial charge in [-0.2, -0.15) is 0 Å². The quantitative estimate of drug-likeness (QED) is 0.262. The fraction of sp³-hybridized carbons (Fsp3) is 0.484. The molecule has 2 heteroatoms. The highest BCUT2D eigenvalue weighted by atomic mass is 14.7. The van der Waals surface area contributed by atoms with Gasteiger partial charge in [0.2, 0.25) is 0 Å². The van der Waals surface area contributed by atoms with E-state index in [2.05, 4.69) is 87.6 Å². The third kappa shape index (κ3) is 15.9. The summed E-state index contributed by atoms with van der Waals surface area (Å²) in [5, 5.41) is 0. The zero-order valence-corrected chi connectivity index (χ0v) is 22.5. The van der Waals surface area contributed by atoms with Gasteiger partial charge in [0, 0.05) is 23.8 Å². The molecule has 0 unspecified atom stereocenters. The number of hydrogen-bond donors (Lipinski definition) is 0. The first-order valence-corrected chi connectivity index (χ1v) is 12.8. The van der Waals surface area contributed by atoms with Crippen LogP contribution in [0.5, 0.6) is 0 Å². The summed E-state index contributed by atoms with van der Waals surface area (Å²) in [6, 6.07) is 12.8. The first-order chi connectivity index (χ1) is 15.9. The van der Waals surface area contributed by atoms with Crippen LogP contribution in [0, 0.1) is 6.92 Å². The molecular weight excluding hydrogens is 400 g/mol. The Labute approximate surface area is 205 Å². The molecule has 33 heavy (non-hydrogen) atoms. The summed E-state index contributed by atoms with van der Waals surface area (Å²) in [5.74, 6) is 0. The molecule has 0 N–H and O–H groups in total. The number of allylic oxidation sites excluding steroid dienone is 2. The second kappa shape index (κ2) is 20.1. The fourth-order valence-electron chi connectivity index (χ4n) is 3.00. The maximum Gasteiger partial charge on any atom is 0.0403 e. The van der Waals surface area contributed by atoms with Crippen molar-refractivity contribution in [1.29, 1.82) is 0 Å². The minimum Gasteiger partial charge on any atom is -0.266 e. The molecule has 0 aliphatic rings. The number of unbranched alkanes of at least 4 members (excludes halogenated alkanes) is 3. The summed E-state index contributed by atoms with van der Waals surface area (Å²) < 4.78 is 0. The lowest BCUT2D eigenvalue weighted by molar-refractivity contribution is 0.772. The second-order valence-electron chi connectivity index (χ2n) is 8.59. The third-order valence-electron chi connectivity index (χ3n) is 5.08. The molecule has 0 spiro atoms. The summed E-state index contributed by atoms with van der Waals surface area (Å²) in [5.41, 5.74) is 7.09. The van der Waals surface area contributed by atoms with Crippen molar-refractivity contribution in [3.8, 4) is 0 Å². The molecule has 0 amide bonds. The lowest BCUT2D eigenvalue weighted by Gasteiger charge is -2.02. The van der Waals surface area contributed by atoms with Gasteiger partial charge in [-0.3, -0.25) is 9.98 Å². The standard InChI is InChI=1S/C15H20N2.C11H16.C5H12/c1-5-6-15-8-7-14(11-17-15)13(4)9-10-16-12(2)3;1-3-4-8-11-9-6-5-7-10(11)2;1-3-5-4-2/h7-11H,4-6H2,1-3H3;5-7,9H,3-4,8H2,1-2H3;3-5H2,1-2H3/b10-9-;;. The van der Waals surface area contributed by atoms with Gasteiger partial charge in [0.25, 0.3) is 0 Å². The van der Waals surface area contributed by atoms with Crippen LogP contribution >= 0.6 is 0 Å². The monoisotopic (exact) mass is 448 g/mol. The van der Waals surface area contributed by atoms with Crippen molar-refractivity contribution >= 4 is 11.3 Å².